The summed E-state index contributed by atoms with van der Waals surface area (Å²) in [4.78, 5) is 10.4. The van der Waals surface area contributed by atoms with Crippen LogP contribution in [-0.4, -0.2) is 30.0 Å². The first-order valence-corrected chi connectivity index (χ1v) is 4.82. The van der Waals surface area contributed by atoms with Crippen LogP contribution in [0.2, 0.25) is 0 Å². The molecule has 88 valence electrons. The van der Waals surface area contributed by atoms with Gasteiger partial charge in [-0.2, -0.15) is 13.2 Å². The first-order valence-electron chi connectivity index (χ1n) is 4.82. The van der Waals surface area contributed by atoms with Crippen molar-refractivity contribution in [1.82, 2.24) is 0 Å². The third-order valence-corrected chi connectivity index (χ3v) is 2.47. The van der Waals surface area contributed by atoms with Gasteiger partial charge in [-0.25, -0.2) is 0 Å². The standard InChI is InChI=1S/C9H13F3O3/c10-9(11,12)7(8(13)14)5-6-3-1-2-4-15-6/h6-7H,1-5H2,(H,13,14)/t6-,7+/m0/s1. The van der Waals surface area contributed by atoms with Gasteiger partial charge in [-0.15, -0.1) is 0 Å². The number of halogens is 3. The van der Waals surface area contributed by atoms with Crippen LogP contribution >= 0.6 is 0 Å². The molecule has 0 aromatic carbocycles. The molecule has 1 N–H and O–H groups in total. The Labute approximate surface area is 85.2 Å². The van der Waals surface area contributed by atoms with Crippen LogP contribution in [0.4, 0.5) is 13.2 Å². The molecule has 1 aliphatic rings. The largest absolute Gasteiger partial charge is 0.481 e. The molecule has 0 aromatic heterocycles. The van der Waals surface area contributed by atoms with Gasteiger partial charge in [0.1, 0.15) is 0 Å². The van der Waals surface area contributed by atoms with Crippen LogP contribution in [0.1, 0.15) is 25.7 Å². The van der Waals surface area contributed by atoms with Gasteiger partial charge in [-0.1, -0.05) is 0 Å². The van der Waals surface area contributed by atoms with Crippen LogP contribution < -0.4 is 0 Å². The summed E-state index contributed by atoms with van der Waals surface area (Å²) in [5.74, 6) is -4.13. The zero-order valence-electron chi connectivity index (χ0n) is 8.09. The van der Waals surface area contributed by atoms with E-state index in [9.17, 15) is 18.0 Å². The van der Waals surface area contributed by atoms with E-state index in [1.54, 1.807) is 0 Å². The minimum Gasteiger partial charge on any atom is -0.481 e. The maximum absolute atomic E-state index is 12.3. The zero-order valence-corrected chi connectivity index (χ0v) is 8.09. The summed E-state index contributed by atoms with van der Waals surface area (Å²) in [7, 11) is 0. The Hall–Kier alpha value is -0.780. The lowest BCUT2D eigenvalue weighted by molar-refractivity contribution is -0.200. The van der Waals surface area contributed by atoms with Crippen molar-refractivity contribution in [3.05, 3.63) is 0 Å². The number of carboxylic acids is 1. The lowest BCUT2D eigenvalue weighted by atomic mass is 9.96. The van der Waals surface area contributed by atoms with Crippen LogP contribution in [0.25, 0.3) is 0 Å². The van der Waals surface area contributed by atoms with E-state index in [0.717, 1.165) is 12.8 Å². The number of rotatable bonds is 3. The second kappa shape index (κ2) is 4.83. The fourth-order valence-electron chi connectivity index (χ4n) is 1.63. The van der Waals surface area contributed by atoms with Crippen LogP contribution in [0.15, 0.2) is 0 Å². The van der Waals surface area contributed by atoms with Crippen molar-refractivity contribution in [2.45, 2.75) is 38.0 Å². The SMILES string of the molecule is O=C(O)[C@@H](C[C@@H]1CCCCO1)C(F)(F)F. The molecule has 1 aliphatic heterocycles. The van der Waals surface area contributed by atoms with Crippen molar-refractivity contribution in [3.63, 3.8) is 0 Å². The average Bonchev–Trinajstić information content (AvgIpc) is 2.13. The molecule has 1 saturated heterocycles. The van der Waals surface area contributed by atoms with Gasteiger partial charge in [0.15, 0.2) is 5.92 Å². The molecule has 15 heavy (non-hydrogen) atoms. The topological polar surface area (TPSA) is 46.5 Å². The normalized spacial score (nSPS) is 24.9. The summed E-state index contributed by atoms with van der Waals surface area (Å²) < 4.78 is 42.0. The first kappa shape index (κ1) is 12.3. The number of alkyl halides is 3. The van der Waals surface area contributed by atoms with Crippen molar-refractivity contribution in [2.75, 3.05) is 6.61 Å². The molecule has 0 saturated carbocycles. The lowest BCUT2D eigenvalue weighted by Gasteiger charge is -2.26. The maximum Gasteiger partial charge on any atom is 0.402 e. The van der Waals surface area contributed by atoms with E-state index in [2.05, 4.69) is 0 Å². The summed E-state index contributed by atoms with van der Waals surface area (Å²) >= 11 is 0. The van der Waals surface area contributed by atoms with Crippen molar-refractivity contribution in [1.29, 1.82) is 0 Å². The molecule has 0 aliphatic carbocycles. The molecular formula is C9H13F3O3. The number of ether oxygens (including phenoxy) is 1. The van der Waals surface area contributed by atoms with Gasteiger partial charge in [-0.05, 0) is 25.7 Å². The molecule has 0 aromatic rings. The lowest BCUT2D eigenvalue weighted by Crippen LogP contribution is -2.35. The van der Waals surface area contributed by atoms with Crippen LogP contribution in [-0.2, 0) is 9.53 Å². The minimum atomic E-state index is -4.69. The minimum absolute atomic E-state index is 0.425. The van der Waals surface area contributed by atoms with Crippen molar-refractivity contribution < 1.29 is 27.8 Å². The van der Waals surface area contributed by atoms with E-state index in [1.165, 1.54) is 0 Å². The quantitative estimate of drug-likeness (QED) is 0.802. The Morgan fingerprint density at radius 3 is 2.53 bits per heavy atom. The maximum atomic E-state index is 12.3. The van der Waals surface area contributed by atoms with E-state index >= 15 is 0 Å². The number of aliphatic carboxylic acids is 1. The molecule has 1 rings (SSSR count). The van der Waals surface area contributed by atoms with E-state index in [1.807, 2.05) is 0 Å². The molecule has 0 amide bonds. The van der Waals surface area contributed by atoms with Gasteiger partial charge in [0.25, 0.3) is 0 Å². The van der Waals surface area contributed by atoms with Gasteiger partial charge in [-0.3, -0.25) is 4.79 Å². The summed E-state index contributed by atoms with van der Waals surface area (Å²) in [6.07, 6.45) is -3.58. The van der Waals surface area contributed by atoms with E-state index < -0.39 is 30.6 Å². The number of hydrogen-bond acceptors (Lipinski definition) is 2. The predicted molar refractivity (Wildman–Crippen MR) is 45.4 cm³/mol. The van der Waals surface area contributed by atoms with Crippen molar-refractivity contribution in [3.8, 4) is 0 Å². The van der Waals surface area contributed by atoms with Gasteiger partial charge < -0.3 is 9.84 Å². The molecule has 6 heteroatoms. The molecule has 1 heterocycles. The number of hydrogen-bond donors (Lipinski definition) is 1. The molecular weight excluding hydrogens is 213 g/mol. The van der Waals surface area contributed by atoms with Gasteiger partial charge in [0.2, 0.25) is 0 Å². The van der Waals surface area contributed by atoms with Crippen LogP contribution in [0.5, 0.6) is 0 Å². The van der Waals surface area contributed by atoms with E-state index in [-0.39, 0.29) is 0 Å². The highest BCUT2D eigenvalue weighted by Crippen LogP contribution is 2.32. The molecule has 0 radical (unpaired) electrons. The van der Waals surface area contributed by atoms with Crippen molar-refractivity contribution >= 4 is 5.97 Å². The van der Waals surface area contributed by atoms with E-state index in [4.69, 9.17) is 9.84 Å². The fourth-order valence-corrected chi connectivity index (χ4v) is 1.63. The summed E-state index contributed by atoms with van der Waals surface area (Å²) in [5, 5.41) is 8.46. The molecule has 3 nitrogen and oxygen atoms in total. The first-order chi connectivity index (χ1) is 6.91. The molecule has 0 bridgehead atoms. The second-order valence-corrected chi connectivity index (χ2v) is 3.66. The highest BCUT2D eigenvalue weighted by atomic mass is 19.4. The number of carboxylic acid groups (broad SMARTS) is 1. The Bertz CT molecular complexity index is 221. The Balaban J connectivity index is 2.54. The summed E-state index contributed by atoms with van der Waals surface area (Å²) in [6, 6.07) is 0. The van der Waals surface area contributed by atoms with Crippen LogP contribution in [0.3, 0.4) is 0 Å². The smallest absolute Gasteiger partial charge is 0.402 e. The van der Waals surface area contributed by atoms with E-state index in [0.29, 0.717) is 13.0 Å². The average molecular weight is 226 g/mol. The highest BCUT2D eigenvalue weighted by Gasteiger charge is 2.46. The molecule has 2 atom stereocenters. The third-order valence-electron chi connectivity index (χ3n) is 2.47. The van der Waals surface area contributed by atoms with Crippen LogP contribution in [0, 0.1) is 5.92 Å². The molecule has 0 spiro atoms. The van der Waals surface area contributed by atoms with Gasteiger partial charge in [0, 0.05) is 6.61 Å². The second-order valence-electron chi connectivity index (χ2n) is 3.66. The number of carbonyl (C=O) groups is 1. The third kappa shape index (κ3) is 3.70. The zero-order chi connectivity index (χ0) is 11.5. The molecule has 0 unspecified atom stereocenters. The fraction of sp³-hybridized carbons (Fsp3) is 0.889. The van der Waals surface area contributed by atoms with Gasteiger partial charge in [0.05, 0.1) is 6.10 Å². The van der Waals surface area contributed by atoms with Crippen molar-refractivity contribution in [2.24, 2.45) is 5.92 Å². The Kier molecular flexibility index (Phi) is 3.96. The monoisotopic (exact) mass is 226 g/mol. The Morgan fingerprint density at radius 2 is 2.13 bits per heavy atom. The van der Waals surface area contributed by atoms with Gasteiger partial charge >= 0.3 is 12.1 Å². The highest BCUT2D eigenvalue weighted by molar-refractivity contribution is 5.70. The molecule has 1 fully saturated rings. The predicted octanol–water partition coefficient (Wildman–Crippen LogP) is 2.21. The summed E-state index contributed by atoms with van der Waals surface area (Å²) in [5.41, 5.74) is 0. The summed E-state index contributed by atoms with van der Waals surface area (Å²) in [6.45, 7) is 0.425. The Morgan fingerprint density at radius 1 is 1.47 bits per heavy atom.